The van der Waals surface area contributed by atoms with E-state index < -0.39 is 20.5 Å². The Hall–Kier alpha value is -0.980. The van der Waals surface area contributed by atoms with Gasteiger partial charge in [0.1, 0.15) is 5.82 Å². The molecule has 3 atom stereocenters. The van der Waals surface area contributed by atoms with Gasteiger partial charge in [-0.3, -0.25) is 0 Å². The molecule has 118 valence electrons. The molecule has 1 saturated carbocycles. The van der Waals surface area contributed by atoms with Crippen molar-refractivity contribution in [3.63, 3.8) is 0 Å². The standard InChI is InChI=1S/C15H22FNO3S/c1-3-20-10-15(9-17)13(14(15)21(18,19)4-2)11-6-5-7-12(16)8-11/h5-8,13-14H,3-4,9-10,17H2,1-2H3/t13-,14-,15-/m1/s1. The number of hydrogen-bond donors (Lipinski definition) is 1. The van der Waals surface area contributed by atoms with Crippen LogP contribution in [0.5, 0.6) is 0 Å². The highest BCUT2D eigenvalue weighted by atomic mass is 32.2. The molecule has 1 aromatic carbocycles. The van der Waals surface area contributed by atoms with Crippen molar-refractivity contribution in [2.24, 2.45) is 11.1 Å². The molecule has 0 aliphatic heterocycles. The minimum atomic E-state index is -3.27. The smallest absolute Gasteiger partial charge is 0.154 e. The van der Waals surface area contributed by atoms with Gasteiger partial charge in [-0.05, 0) is 24.6 Å². The Morgan fingerprint density at radius 1 is 1.38 bits per heavy atom. The topological polar surface area (TPSA) is 69.4 Å². The minimum absolute atomic E-state index is 0.0529. The number of nitrogens with two attached hydrogens (primary N) is 1. The van der Waals surface area contributed by atoms with Crippen LogP contribution in [-0.2, 0) is 14.6 Å². The van der Waals surface area contributed by atoms with Crippen molar-refractivity contribution in [3.05, 3.63) is 35.6 Å². The summed E-state index contributed by atoms with van der Waals surface area (Å²) >= 11 is 0. The second kappa shape index (κ2) is 6.02. The lowest BCUT2D eigenvalue weighted by atomic mass is 10.00. The molecule has 21 heavy (non-hydrogen) atoms. The maximum atomic E-state index is 13.5. The van der Waals surface area contributed by atoms with Gasteiger partial charge in [0.25, 0.3) is 0 Å². The van der Waals surface area contributed by atoms with Crippen molar-refractivity contribution in [2.75, 3.05) is 25.5 Å². The summed E-state index contributed by atoms with van der Waals surface area (Å²) in [6.45, 7) is 4.46. The van der Waals surface area contributed by atoms with Crippen LogP contribution in [0.4, 0.5) is 4.39 Å². The summed E-state index contributed by atoms with van der Waals surface area (Å²) < 4.78 is 43.6. The lowest BCUT2D eigenvalue weighted by molar-refractivity contribution is 0.101. The number of halogens is 1. The Morgan fingerprint density at radius 3 is 2.62 bits per heavy atom. The monoisotopic (exact) mass is 315 g/mol. The van der Waals surface area contributed by atoms with Gasteiger partial charge < -0.3 is 10.5 Å². The second-order valence-corrected chi connectivity index (χ2v) is 7.89. The molecule has 1 aliphatic rings. The summed E-state index contributed by atoms with van der Waals surface area (Å²) in [5.41, 5.74) is 5.92. The fourth-order valence-electron chi connectivity index (χ4n) is 3.17. The van der Waals surface area contributed by atoms with E-state index in [1.54, 1.807) is 19.1 Å². The van der Waals surface area contributed by atoms with Crippen LogP contribution in [-0.4, -0.2) is 39.2 Å². The number of hydrogen-bond acceptors (Lipinski definition) is 4. The van der Waals surface area contributed by atoms with Gasteiger partial charge in [0.05, 0.1) is 11.9 Å². The first kappa shape index (κ1) is 16.4. The quantitative estimate of drug-likeness (QED) is 0.831. The maximum Gasteiger partial charge on any atom is 0.154 e. The third kappa shape index (κ3) is 2.84. The molecule has 0 spiro atoms. The summed E-state index contributed by atoms with van der Waals surface area (Å²) in [6, 6.07) is 6.10. The van der Waals surface area contributed by atoms with Crippen molar-refractivity contribution < 1.29 is 17.5 Å². The number of sulfone groups is 1. The van der Waals surface area contributed by atoms with Crippen molar-refractivity contribution >= 4 is 9.84 Å². The van der Waals surface area contributed by atoms with Gasteiger partial charge in [-0.15, -0.1) is 0 Å². The van der Waals surface area contributed by atoms with E-state index in [9.17, 15) is 12.8 Å². The van der Waals surface area contributed by atoms with Gasteiger partial charge in [0.2, 0.25) is 0 Å². The average molecular weight is 315 g/mol. The number of benzene rings is 1. The Balaban J connectivity index is 2.41. The number of rotatable bonds is 7. The molecule has 6 heteroatoms. The summed E-state index contributed by atoms with van der Waals surface area (Å²) in [5.74, 6) is -0.610. The fraction of sp³-hybridized carbons (Fsp3) is 0.600. The highest BCUT2D eigenvalue weighted by Gasteiger charge is 2.69. The molecule has 1 aliphatic carbocycles. The Morgan fingerprint density at radius 2 is 2.10 bits per heavy atom. The molecule has 1 fully saturated rings. The van der Waals surface area contributed by atoms with Crippen molar-refractivity contribution in [2.45, 2.75) is 25.0 Å². The van der Waals surface area contributed by atoms with Gasteiger partial charge in [-0.1, -0.05) is 19.1 Å². The zero-order valence-electron chi connectivity index (χ0n) is 12.4. The third-order valence-electron chi connectivity index (χ3n) is 4.33. The second-order valence-electron chi connectivity index (χ2n) is 5.48. The Bertz CT molecular complexity index is 605. The van der Waals surface area contributed by atoms with Crippen molar-refractivity contribution in [1.82, 2.24) is 0 Å². The molecule has 0 heterocycles. The zero-order chi connectivity index (χ0) is 15.7. The summed E-state index contributed by atoms with van der Waals surface area (Å²) in [5, 5.41) is -0.589. The van der Waals surface area contributed by atoms with Crippen LogP contribution in [0.15, 0.2) is 24.3 Å². The van der Waals surface area contributed by atoms with Crippen LogP contribution in [0, 0.1) is 11.2 Å². The minimum Gasteiger partial charge on any atom is -0.381 e. The van der Waals surface area contributed by atoms with Crippen LogP contribution in [0.3, 0.4) is 0 Å². The molecule has 1 aromatic rings. The Labute approximate surface area is 125 Å². The molecule has 4 nitrogen and oxygen atoms in total. The molecule has 0 saturated heterocycles. The van der Waals surface area contributed by atoms with E-state index in [1.165, 1.54) is 12.1 Å². The van der Waals surface area contributed by atoms with Gasteiger partial charge in [0, 0.05) is 30.2 Å². The van der Waals surface area contributed by atoms with Gasteiger partial charge >= 0.3 is 0 Å². The fourth-order valence-corrected chi connectivity index (χ4v) is 5.32. The normalized spacial score (nSPS) is 28.6. The first-order valence-corrected chi connectivity index (χ1v) is 8.89. The van der Waals surface area contributed by atoms with Gasteiger partial charge in [-0.25, -0.2) is 12.8 Å². The van der Waals surface area contributed by atoms with E-state index in [1.807, 2.05) is 6.92 Å². The lowest BCUT2D eigenvalue weighted by Gasteiger charge is -2.15. The van der Waals surface area contributed by atoms with E-state index in [4.69, 9.17) is 10.5 Å². The molecular weight excluding hydrogens is 293 g/mol. The third-order valence-corrected chi connectivity index (χ3v) is 6.65. The SMILES string of the molecule is CCOC[C@]1(CN)[C@H](c2cccc(F)c2)[C@H]1S(=O)(=O)CC. The Kier molecular flexibility index (Phi) is 4.70. The molecule has 0 bridgehead atoms. The predicted molar refractivity (Wildman–Crippen MR) is 80.4 cm³/mol. The van der Waals surface area contributed by atoms with Crippen molar-refractivity contribution in [1.29, 1.82) is 0 Å². The van der Waals surface area contributed by atoms with E-state index in [0.717, 1.165) is 0 Å². The largest absolute Gasteiger partial charge is 0.381 e. The maximum absolute atomic E-state index is 13.5. The lowest BCUT2D eigenvalue weighted by Crippen LogP contribution is -2.29. The first-order chi connectivity index (χ1) is 9.93. The van der Waals surface area contributed by atoms with Crippen LogP contribution in [0.1, 0.15) is 25.3 Å². The van der Waals surface area contributed by atoms with Gasteiger partial charge in [-0.2, -0.15) is 0 Å². The molecule has 0 radical (unpaired) electrons. The highest BCUT2D eigenvalue weighted by Crippen LogP contribution is 2.62. The number of ether oxygens (including phenoxy) is 1. The van der Waals surface area contributed by atoms with Crippen molar-refractivity contribution in [3.8, 4) is 0 Å². The highest BCUT2D eigenvalue weighted by molar-refractivity contribution is 7.92. The summed E-state index contributed by atoms with van der Waals surface area (Å²) in [6.07, 6.45) is 0. The van der Waals surface area contributed by atoms with E-state index in [-0.39, 0.29) is 30.6 Å². The summed E-state index contributed by atoms with van der Waals surface area (Å²) in [4.78, 5) is 0. The molecule has 2 N–H and O–H groups in total. The van der Waals surface area contributed by atoms with Crippen LogP contribution >= 0.6 is 0 Å². The first-order valence-electron chi connectivity index (χ1n) is 7.17. The van der Waals surface area contributed by atoms with Crippen LogP contribution in [0.2, 0.25) is 0 Å². The zero-order valence-corrected chi connectivity index (χ0v) is 13.2. The molecular formula is C15H22FNO3S. The van der Waals surface area contributed by atoms with Crippen LogP contribution < -0.4 is 5.73 Å². The predicted octanol–water partition coefficient (Wildman–Crippen LogP) is 1.71. The average Bonchev–Trinajstić information content (AvgIpc) is 3.15. The van der Waals surface area contributed by atoms with E-state index in [2.05, 4.69) is 0 Å². The van der Waals surface area contributed by atoms with E-state index in [0.29, 0.717) is 12.2 Å². The molecule has 0 unspecified atom stereocenters. The molecule has 0 amide bonds. The van der Waals surface area contributed by atoms with Crippen LogP contribution in [0.25, 0.3) is 0 Å². The van der Waals surface area contributed by atoms with E-state index >= 15 is 0 Å². The molecule has 0 aromatic heterocycles. The summed E-state index contributed by atoms with van der Waals surface area (Å²) in [7, 11) is -3.27. The molecule has 2 rings (SSSR count). The van der Waals surface area contributed by atoms with Gasteiger partial charge in [0.15, 0.2) is 9.84 Å².